The highest BCUT2D eigenvalue weighted by Gasteiger charge is 2.20. The van der Waals surface area contributed by atoms with Gasteiger partial charge in [0.2, 0.25) is 0 Å². The van der Waals surface area contributed by atoms with Crippen LogP contribution < -0.4 is 5.73 Å². The third kappa shape index (κ3) is 5.85. The van der Waals surface area contributed by atoms with Crippen molar-refractivity contribution in [2.75, 3.05) is 13.2 Å². The molecule has 2 N–H and O–H groups in total. The van der Waals surface area contributed by atoms with Crippen LogP contribution >= 0.6 is 0 Å². The summed E-state index contributed by atoms with van der Waals surface area (Å²) >= 11 is 0. The zero-order valence-corrected chi connectivity index (χ0v) is 11.3. The van der Waals surface area contributed by atoms with Crippen LogP contribution in [0.25, 0.3) is 0 Å². The van der Waals surface area contributed by atoms with Gasteiger partial charge in [-0.25, -0.2) is 0 Å². The predicted molar refractivity (Wildman–Crippen MR) is 73.0 cm³/mol. The summed E-state index contributed by atoms with van der Waals surface area (Å²) < 4.78 is 5.62. The summed E-state index contributed by atoms with van der Waals surface area (Å²) in [5.41, 5.74) is 7.52. The van der Waals surface area contributed by atoms with Gasteiger partial charge in [-0.3, -0.25) is 0 Å². The van der Waals surface area contributed by atoms with Crippen LogP contribution in [0.2, 0.25) is 0 Å². The van der Waals surface area contributed by atoms with E-state index in [2.05, 4.69) is 45.0 Å². The smallest absolute Gasteiger partial charge is 0.0622 e. The Balaban J connectivity index is 2.09. The number of benzene rings is 1. The van der Waals surface area contributed by atoms with Gasteiger partial charge in [-0.15, -0.1) is 0 Å². The minimum Gasteiger partial charge on any atom is -0.380 e. The summed E-state index contributed by atoms with van der Waals surface area (Å²) in [6.07, 6.45) is 2.13. The quantitative estimate of drug-likeness (QED) is 0.769. The molecule has 1 rings (SSSR count). The number of rotatable bonds is 6. The Bertz CT molecular complexity index is 302. The van der Waals surface area contributed by atoms with Crippen LogP contribution in [0.1, 0.15) is 32.8 Å². The van der Waals surface area contributed by atoms with E-state index < -0.39 is 0 Å². The van der Waals surface area contributed by atoms with E-state index in [-0.39, 0.29) is 11.5 Å². The molecule has 0 aliphatic carbocycles. The molecule has 0 aromatic heterocycles. The molecule has 96 valence electrons. The van der Waals surface area contributed by atoms with E-state index in [1.807, 2.05) is 6.07 Å². The first kappa shape index (κ1) is 14.2. The van der Waals surface area contributed by atoms with Crippen LogP contribution in [0, 0.1) is 5.41 Å². The van der Waals surface area contributed by atoms with Crippen LogP contribution in [-0.4, -0.2) is 19.3 Å². The minimum atomic E-state index is 0.110. The third-order valence-corrected chi connectivity index (χ3v) is 3.01. The van der Waals surface area contributed by atoms with Gasteiger partial charge in [0.1, 0.15) is 0 Å². The van der Waals surface area contributed by atoms with Crippen molar-refractivity contribution in [1.82, 2.24) is 0 Å². The molecule has 0 saturated heterocycles. The standard InChI is InChI=1S/C15H25NO/c1-15(2,3)14(16)12-17-11-7-10-13-8-5-4-6-9-13/h4-6,8-9,14H,7,10-12,16H2,1-3H3. The highest BCUT2D eigenvalue weighted by atomic mass is 16.5. The van der Waals surface area contributed by atoms with Crippen molar-refractivity contribution in [2.45, 2.75) is 39.7 Å². The normalized spacial score (nSPS) is 13.6. The molecule has 0 radical (unpaired) electrons. The monoisotopic (exact) mass is 235 g/mol. The Kier molecular flexibility index (Phi) is 5.66. The highest BCUT2D eigenvalue weighted by molar-refractivity contribution is 5.14. The maximum Gasteiger partial charge on any atom is 0.0622 e. The van der Waals surface area contributed by atoms with Crippen molar-refractivity contribution in [3.8, 4) is 0 Å². The predicted octanol–water partition coefficient (Wildman–Crippen LogP) is 3.01. The van der Waals surface area contributed by atoms with Crippen molar-refractivity contribution in [3.63, 3.8) is 0 Å². The van der Waals surface area contributed by atoms with Crippen molar-refractivity contribution in [1.29, 1.82) is 0 Å². The van der Waals surface area contributed by atoms with Crippen molar-refractivity contribution in [3.05, 3.63) is 35.9 Å². The Morgan fingerprint density at radius 3 is 2.41 bits per heavy atom. The van der Waals surface area contributed by atoms with Crippen LogP contribution in [0.5, 0.6) is 0 Å². The van der Waals surface area contributed by atoms with E-state index >= 15 is 0 Å². The van der Waals surface area contributed by atoms with Crippen LogP contribution in [0.4, 0.5) is 0 Å². The Morgan fingerprint density at radius 1 is 1.18 bits per heavy atom. The molecule has 1 aromatic carbocycles. The van der Waals surface area contributed by atoms with Gasteiger partial charge < -0.3 is 10.5 Å². The van der Waals surface area contributed by atoms with Crippen LogP contribution in [0.3, 0.4) is 0 Å². The largest absolute Gasteiger partial charge is 0.380 e. The summed E-state index contributed by atoms with van der Waals surface area (Å²) in [5.74, 6) is 0. The fourth-order valence-corrected chi connectivity index (χ4v) is 1.48. The van der Waals surface area contributed by atoms with Crippen LogP contribution in [0.15, 0.2) is 30.3 Å². The molecular weight excluding hydrogens is 210 g/mol. The molecule has 17 heavy (non-hydrogen) atoms. The summed E-state index contributed by atoms with van der Waals surface area (Å²) in [4.78, 5) is 0. The molecule has 0 aliphatic rings. The molecule has 0 aliphatic heterocycles. The van der Waals surface area contributed by atoms with Gasteiger partial charge in [-0.05, 0) is 23.8 Å². The van der Waals surface area contributed by atoms with Crippen LogP contribution in [-0.2, 0) is 11.2 Å². The molecular formula is C15H25NO. The average Bonchev–Trinajstić information content (AvgIpc) is 2.28. The number of ether oxygens (including phenoxy) is 1. The fraction of sp³-hybridized carbons (Fsp3) is 0.600. The zero-order chi connectivity index (χ0) is 12.7. The molecule has 0 bridgehead atoms. The number of hydrogen-bond donors (Lipinski definition) is 1. The lowest BCUT2D eigenvalue weighted by atomic mass is 9.88. The zero-order valence-electron chi connectivity index (χ0n) is 11.3. The number of hydrogen-bond acceptors (Lipinski definition) is 2. The van der Waals surface area contributed by atoms with Gasteiger partial charge in [-0.1, -0.05) is 51.1 Å². The molecule has 2 heteroatoms. The fourth-order valence-electron chi connectivity index (χ4n) is 1.48. The summed E-state index contributed by atoms with van der Waals surface area (Å²) in [7, 11) is 0. The Labute approximate surface area is 105 Å². The van der Waals surface area contributed by atoms with Crippen molar-refractivity contribution < 1.29 is 4.74 Å². The van der Waals surface area contributed by atoms with Crippen molar-refractivity contribution >= 4 is 0 Å². The van der Waals surface area contributed by atoms with Crippen molar-refractivity contribution in [2.24, 2.45) is 11.1 Å². The first-order chi connectivity index (χ1) is 8.00. The maximum atomic E-state index is 6.02. The summed E-state index contributed by atoms with van der Waals surface area (Å²) in [6, 6.07) is 10.6. The van der Waals surface area contributed by atoms with Gasteiger partial charge in [0.05, 0.1) is 6.61 Å². The Morgan fingerprint density at radius 2 is 1.82 bits per heavy atom. The van der Waals surface area contributed by atoms with E-state index in [1.54, 1.807) is 0 Å². The second-order valence-corrected chi connectivity index (χ2v) is 5.64. The third-order valence-electron chi connectivity index (χ3n) is 3.01. The molecule has 0 heterocycles. The lowest BCUT2D eigenvalue weighted by Gasteiger charge is -2.26. The summed E-state index contributed by atoms with van der Waals surface area (Å²) in [5, 5.41) is 0. The molecule has 0 amide bonds. The summed E-state index contributed by atoms with van der Waals surface area (Å²) in [6.45, 7) is 7.87. The van der Waals surface area contributed by atoms with Gasteiger partial charge >= 0.3 is 0 Å². The minimum absolute atomic E-state index is 0.110. The maximum absolute atomic E-state index is 6.02. The SMILES string of the molecule is CC(C)(C)C(N)COCCCc1ccccc1. The first-order valence-corrected chi connectivity index (χ1v) is 6.37. The average molecular weight is 235 g/mol. The Hall–Kier alpha value is -0.860. The molecule has 2 nitrogen and oxygen atoms in total. The lowest BCUT2D eigenvalue weighted by molar-refractivity contribution is 0.0888. The highest BCUT2D eigenvalue weighted by Crippen LogP contribution is 2.17. The second kappa shape index (κ2) is 6.77. The molecule has 1 unspecified atom stereocenters. The van der Waals surface area contributed by atoms with E-state index in [0.717, 1.165) is 19.4 Å². The second-order valence-electron chi connectivity index (χ2n) is 5.64. The van der Waals surface area contributed by atoms with E-state index in [0.29, 0.717) is 6.61 Å². The van der Waals surface area contributed by atoms with Gasteiger partial charge in [0.25, 0.3) is 0 Å². The first-order valence-electron chi connectivity index (χ1n) is 6.37. The molecule has 0 fully saturated rings. The van der Waals surface area contributed by atoms with E-state index in [9.17, 15) is 0 Å². The van der Waals surface area contributed by atoms with E-state index in [4.69, 9.17) is 10.5 Å². The molecule has 0 saturated carbocycles. The van der Waals surface area contributed by atoms with Gasteiger partial charge in [0.15, 0.2) is 0 Å². The van der Waals surface area contributed by atoms with Gasteiger partial charge in [0, 0.05) is 12.6 Å². The number of nitrogens with two attached hydrogens (primary N) is 1. The molecule has 1 aromatic rings. The molecule has 0 spiro atoms. The topological polar surface area (TPSA) is 35.2 Å². The van der Waals surface area contributed by atoms with E-state index in [1.165, 1.54) is 5.56 Å². The van der Waals surface area contributed by atoms with Gasteiger partial charge in [-0.2, -0.15) is 0 Å². The molecule has 1 atom stereocenters. The lowest BCUT2D eigenvalue weighted by Crippen LogP contribution is -2.39. The number of aryl methyl sites for hydroxylation is 1.